The summed E-state index contributed by atoms with van der Waals surface area (Å²) in [5.74, 6) is 3.05. The number of carbonyl (C=O) groups is 1. The SMILES string of the molecule is O=CC=CN1CCC(Nc2cc(Nc3ccc(Oc4ccccc4)cc3)ncn2)C1. The topological polar surface area (TPSA) is 79.4 Å². The van der Waals surface area contributed by atoms with Crippen molar-refractivity contribution in [2.24, 2.45) is 0 Å². The smallest absolute Gasteiger partial charge is 0.144 e. The highest BCUT2D eigenvalue weighted by atomic mass is 16.5. The number of anilines is 3. The molecule has 152 valence electrons. The first kappa shape index (κ1) is 19.4. The van der Waals surface area contributed by atoms with Crippen LogP contribution in [0.3, 0.4) is 0 Å². The first-order valence-corrected chi connectivity index (χ1v) is 9.83. The van der Waals surface area contributed by atoms with Crippen LogP contribution in [0.25, 0.3) is 0 Å². The molecule has 2 N–H and O–H groups in total. The number of likely N-dealkylation sites (tertiary alicyclic amines) is 1. The number of hydrogen-bond donors (Lipinski definition) is 2. The molecule has 1 aromatic heterocycles. The van der Waals surface area contributed by atoms with Crippen molar-refractivity contribution >= 4 is 23.6 Å². The van der Waals surface area contributed by atoms with Gasteiger partial charge in [0.05, 0.1) is 0 Å². The highest BCUT2D eigenvalue weighted by Gasteiger charge is 2.20. The summed E-state index contributed by atoms with van der Waals surface area (Å²) in [6.45, 7) is 1.75. The van der Waals surface area contributed by atoms with E-state index in [2.05, 4.69) is 25.5 Å². The number of hydrogen-bond acceptors (Lipinski definition) is 7. The quantitative estimate of drug-likeness (QED) is 0.432. The lowest BCUT2D eigenvalue weighted by atomic mass is 10.2. The van der Waals surface area contributed by atoms with Gasteiger partial charge in [-0.05, 0) is 48.9 Å². The lowest BCUT2D eigenvalue weighted by molar-refractivity contribution is -0.104. The van der Waals surface area contributed by atoms with Crippen molar-refractivity contribution in [3.8, 4) is 11.5 Å². The van der Waals surface area contributed by atoms with Gasteiger partial charge in [-0.2, -0.15) is 0 Å². The van der Waals surface area contributed by atoms with E-state index in [1.165, 1.54) is 12.4 Å². The van der Waals surface area contributed by atoms with Gasteiger partial charge in [0.15, 0.2) is 0 Å². The fraction of sp³-hybridized carbons (Fsp3) is 0.174. The van der Waals surface area contributed by atoms with Crippen LogP contribution in [0, 0.1) is 0 Å². The summed E-state index contributed by atoms with van der Waals surface area (Å²) in [6.07, 6.45) is 6.66. The zero-order chi connectivity index (χ0) is 20.6. The van der Waals surface area contributed by atoms with E-state index in [1.807, 2.05) is 66.9 Å². The largest absolute Gasteiger partial charge is 0.457 e. The van der Waals surface area contributed by atoms with Gasteiger partial charge in [-0.1, -0.05) is 18.2 Å². The molecule has 3 aromatic rings. The van der Waals surface area contributed by atoms with Gasteiger partial charge in [-0.15, -0.1) is 0 Å². The number of nitrogens with zero attached hydrogens (tertiary/aromatic N) is 3. The van der Waals surface area contributed by atoms with Crippen LogP contribution in [0.5, 0.6) is 11.5 Å². The number of aromatic nitrogens is 2. The van der Waals surface area contributed by atoms with Gasteiger partial charge in [0.1, 0.15) is 35.7 Å². The molecule has 1 fully saturated rings. The Morgan fingerprint density at radius 2 is 1.77 bits per heavy atom. The molecular formula is C23H23N5O2. The number of allylic oxidation sites excluding steroid dienone is 1. The summed E-state index contributed by atoms with van der Waals surface area (Å²) in [4.78, 5) is 21.2. The van der Waals surface area contributed by atoms with Crippen molar-refractivity contribution in [3.63, 3.8) is 0 Å². The van der Waals surface area contributed by atoms with Crippen molar-refractivity contribution in [2.45, 2.75) is 12.5 Å². The second kappa shape index (κ2) is 9.56. The molecule has 0 aliphatic carbocycles. The number of carbonyl (C=O) groups excluding carboxylic acids is 1. The summed E-state index contributed by atoms with van der Waals surface area (Å²) >= 11 is 0. The van der Waals surface area contributed by atoms with Crippen LogP contribution in [0.1, 0.15) is 6.42 Å². The number of rotatable bonds is 8. The van der Waals surface area contributed by atoms with Gasteiger partial charge in [0.2, 0.25) is 0 Å². The predicted molar refractivity (Wildman–Crippen MR) is 117 cm³/mol. The fourth-order valence-corrected chi connectivity index (χ4v) is 3.29. The Hall–Kier alpha value is -3.87. The number of ether oxygens (including phenoxy) is 1. The van der Waals surface area contributed by atoms with Gasteiger partial charge < -0.3 is 20.3 Å². The lowest BCUT2D eigenvalue weighted by Crippen LogP contribution is -2.23. The first-order chi connectivity index (χ1) is 14.8. The standard InChI is InChI=1S/C23H23N5O2/c29-14-4-12-28-13-11-19(16-28)27-23-15-22(24-17-25-23)26-18-7-9-21(10-8-18)30-20-5-2-1-3-6-20/h1-10,12,14-15,17,19H,11,13,16H2,(H2,24,25,26,27). The van der Waals surface area contributed by atoms with Gasteiger partial charge in [-0.25, -0.2) is 9.97 Å². The molecule has 7 heteroatoms. The summed E-state index contributed by atoms with van der Waals surface area (Å²) in [7, 11) is 0. The van der Waals surface area contributed by atoms with Crippen molar-refractivity contribution in [3.05, 3.63) is 79.3 Å². The second-order valence-corrected chi connectivity index (χ2v) is 6.96. The van der Waals surface area contributed by atoms with E-state index in [1.54, 1.807) is 0 Å². The van der Waals surface area contributed by atoms with Crippen molar-refractivity contribution in [1.82, 2.24) is 14.9 Å². The minimum atomic E-state index is 0.276. The van der Waals surface area contributed by atoms with E-state index in [4.69, 9.17) is 4.74 Å². The maximum absolute atomic E-state index is 10.5. The minimum Gasteiger partial charge on any atom is -0.457 e. The molecule has 0 saturated carbocycles. The molecule has 0 radical (unpaired) electrons. The highest BCUT2D eigenvalue weighted by molar-refractivity contribution is 5.64. The van der Waals surface area contributed by atoms with Crippen molar-refractivity contribution < 1.29 is 9.53 Å². The molecule has 0 spiro atoms. The summed E-state index contributed by atoms with van der Waals surface area (Å²) in [6, 6.07) is 19.6. The van der Waals surface area contributed by atoms with Gasteiger partial charge >= 0.3 is 0 Å². The third-order valence-corrected chi connectivity index (χ3v) is 4.72. The van der Waals surface area contributed by atoms with Crippen LogP contribution in [-0.4, -0.2) is 40.3 Å². The monoisotopic (exact) mass is 401 g/mol. The Labute approximate surface area is 175 Å². The molecular weight excluding hydrogens is 378 g/mol. The molecule has 2 aromatic carbocycles. The van der Waals surface area contributed by atoms with E-state index in [0.717, 1.165) is 48.8 Å². The number of benzene rings is 2. The third kappa shape index (κ3) is 5.35. The van der Waals surface area contributed by atoms with Crippen LogP contribution in [-0.2, 0) is 4.79 Å². The fourth-order valence-electron chi connectivity index (χ4n) is 3.29. The van der Waals surface area contributed by atoms with Crippen molar-refractivity contribution in [1.29, 1.82) is 0 Å². The van der Waals surface area contributed by atoms with E-state index in [-0.39, 0.29) is 6.04 Å². The van der Waals surface area contributed by atoms with Gasteiger partial charge in [-0.3, -0.25) is 4.79 Å². The molecule has 30 heavy (non-hydrogen) atoms. The molecule has 1 aliphatic heterocycles. The minimum absolute atomic E-state index is 0.276. The normalized spacial score (nSPS) is 15.9. The maximum atomic E-state index is 10.5. The van der Waals surface area contributed by atoms with Crippen LogP contribution < -0.4 is 15.4 Å². The Bertz CT molecular complexity index is 992. The highest BCUT2D eigenvalue weighted by Crippen LogP contribution is 2.24. The molecule has 1 aliphatic rings. The van der Waals surface area contributed by atoms with Crippen LogP contribution in [0.15, 0.2) is 79.3 Å². The molecule has 4 rings (SSSR count). The summed E-state index contributed by atoms with van der Waals surface area (Å²) < 4.78 is 5.82. The van der Waals surface area contributed by atoms with Crippen LogP contribution in [0.2, 0.25) is 0 Å². The summed E-state index contributed by atoms with van der Waals surface area (Å²) in [5, 5.41) is 6.72. The number of nitrogens with one attached hydrogen (secondary N) is 2. The second-order valence-electron chi connectivity index (χ2n) is 6.96. The van der Waals surface area contributed by atoms with E-state index >= 15 is 0 Å². The van der Waals surface area contributed by atoms with Gasteiger partial charge in [0, 0.05) is 37.1 Å². The first-order valence-electron chi connectivity index (χ1n) is 9.83. The Morgan fingerprint density at radius 3 is 2.57 bits per heavy atom. The van der Waals surface area contributed by atoms with Gasteiger partial charge in [0.25, 0.3) is 0 Å². The zero-order valence-electron chi connectivity index (χ0n) is 16.4. The van der Waals surface area contributed by atoms with Crippen molar-refractivity contribution in [2.75, 3.05) is 23.7 Å². The lowest BCUT2D eigenvalue weighted by Gasteiger charge is -2.15. The zero-order valence-corrected chi connectivity index (χ0v) is 16.4. The van der Waals surface area contributed by atoms with Crippen LogP contribution in [0.4, 0.5) is 17.3 Å². The number of para-hydroxylation sites is 1. The molecule has 7 nitrogen and oxygen atoms in total. The third-order valence-electron chi connectivity index (χ3n) is 4.72. The maximum Gasteiger partial charge on any atom is 0.144 e. The molecule has 1 saturated heterocycles. The predicted octanol–water partition coefficient (Wildman–Crippen LogP) is 4.21. The molecule has 2 heterocycles. The Morgan fingerprint density at radius 1 is 1.00 bits per heavy atom. The van der Waals surface area contributed by atoms with E-state index in [9.17, 15) is 4.79 Å². The number of aldehydes is 1. The molecule has 0 amide bonds. The van der Waals surface area contributed by atoms with E-state index in [0.29, 0.717) is 5.82 Å². The average Bonchev–Trinajstić information content (AvgIpc) is 3.22. The van der Waals surface area contributed by atoms with Crippen LogP contribution >= 0.6 is 0 Å². The van der Waals surface area contributed by atoms with E-state index < -0.39 is 0 Å². The Kier molecular flexibility index (Phi) is 6.19. The molecule has 1 atom stereocenters. The molecule has 1 unspecified atom stereocenters. The Balaban J connectivity index is 1.34. The summed E-state index contributed by atoms with van der Waals surface area (Å²) in [5.41, 5.74) is 0.908. The molecule has 0 bridgehead atoms. The average molecular weight is 401 g/mol.